The van der Waals surface area contributed by atoms with Crippen molar-refractivity contribution in [1.29, 1.82) is 0 Å². The summed E-state index contributed by atoms with van der Waals surface area (Å²) in [5.74, 6) is 0.314. The van der Waals surface area contributed by atoms with Crippen molar-refractivity contribution in [2.75, 3.05) is 14.1 Å². The van der Waals surface area contributed by atoms with E-state index in [4.69, 9.17) is 0 Å². The zero-order valence-electron chi connectivity index (χ0n) is 9.06. The molecule has 1 aliphatic heterocycles. The summed E-state index contributed by atoms with van der Waals surface area (Å²) in [7, 11) is 5.18. The van der Waals surface area contributed by atoms with Crippen molar-refractivity contribution >= 4 is 5.91 Å². The molecule has 82 valence electrons. The predicted octanol–water partition coefficient (Wildman–Crippen LogP) is -0.173. The Hall–Kier alpha value is -1.40. The Labute approximate surface area is 87.7 Å². The second-order valence-electron chi connectivity index (χ2n) is 3.91. The van der Waals surface area contributed by atoms with Crippen molar-refractivity contribution in [3.8, 4) is 0 Å². The number of hydrogen-bond acceptors (Lipinski definition) is 4. The summed E-state index contributed by atoms with van der Waals surface area (Å²) in [5.41, 5.74) is 1.69. The van der Waals surface area contributed by atoms with E-state index in [0.29, 0.717) is 18.9 Å². The van der Waals surface area contributed by atoms with Crippen LogP contribution >= 0.6 is 0 Å². The largest absolute Gasteiger partial charge is 0.342 e. The van der Waals surface area contributed by atoms with Crippen molar-refractivity contribution in [3.63, 3.8) is 0 Å². The van der Waals surface area contributed by atoms with Gasteiger partial charge in [-0.3, -0.25) is 4.79 Å². The Morgan fingerprint density at radius 2 is 2.13 bits per heavy atom. The fourth-order valence-electron chi connectivity index (χ4n) is 1.71. The van der Waals surface area contributed by atoms with Crippen LogP contribution in [-0.4, -0.2) is 44.7 Å². The molecule has 0 spiro atoms. The van der Waals surface area contributed by atoms with Gasteiger partial charge in [0.15, 0.2) is 5.82 Å². The highest BCUT2D eigenvalue weighted by molar-refractivity contribution is 5.90. The molecular formula is C9H14N4O2. The number of rotatable bonds is 1. The van der Waals surface area contributed by atoms with Gasteiger partial charge in [-0.1, -0.05) is 0 Å². The van der Waals surface area contributed by atoms with Crippen LogP contribution in [0.1, 0.15) is 22.0 Å². The summed E-state index contributed by atoms with van der Waals surface area (Å²) >= 11 is 0. The van der Waals surface area contributed by atoms with Crippen LogP contribution in [0.5, 0.6) is 0 Å². The minimum atomic E-state index is -0.114. The summed E-state index contributed by atoms with van der Waals surface area (Å²) in [6.45, 7) is 0.823. The molecule has 0 saturated carbocycles. The van der Waals surface area contributed by atoms with Gasteiger partial charge >= 0.3 is 0 Å². The molecule has 6 heteroatoms. The molecule has 1 aromatic heterocycles. The smallest absolute Gasteiger partial charge is 0.289 e. The van der Waals surface area contributed by atoms with Crippen molar-refractivity contribution in [1.82, 2.24) is 19.5 Å². The van der Waals surface area contributed by atoms with Crippen LogP contribution in [-0.2, 0) is 20.1 Å². The number of hydrogen-bond donors (Lipinski definition) is 1. The SMILES string of the molecule is CN(C)C(=O)c1nc2c(n1C)CN(O)C2. The van der Waals surface area contributed by atoms with Gasteiger partial charge in [-0.25, -0.2) is 4.98 Å². The molecule has 0 bridgehead atoms. The summed E-state index contributed by atoms with van der Waals surface area (Å²) in [4.78, 5) is 17.4. The monoisotopic (exact) mass is 210 g/mol. The summed E-state index contributed by atoms with van der Waals surface area (Å²) in [6.07, 6.45) is 0. The highest BCUT2D eigenvalue weighted by atomic mass is 16.5. The van der Waals surface area contributed by atoms with E-state index in [1.807, 2.05) is 0 Å². The van der Waals surface area contributed by atoms with E-state index in [-0.39, 0.29) is 5.91 Å². The number of nitrogens with zero attached hydrogens (tertiary/aromatic N) is 4. The van der Waals surface area contributed by atoms with Gasteiger partial charge in [0.1, 0.15) is 0 Å². The molecule has 0 saturated heterocycles. The first-order valence-electron chi connectivity index (χ1n) is 4.70. The van der Waals surface area contributed by atoms with Gasteiger partial charge in [-0.2, -0.15) is 5.06 Å². The lowest BCUT2D eigenvalue weighted by Gasteiger charge is -2.11. The average Bonchev–Trinajstić information content (AvgIpc) is 2.64. The zero-order chi connectivity index (χ0) is 11.2. The fourth-order valence-corrected chi connectivity index (χ4v) is 1.71. The molecule has 0 radical (unpaired) electrons. The molecule has 0 unspecified atom stereocenters. The molecule has 0 fully saturated rings. The van der Waals surface area contributed by atoms with E-state index in [0.717, 1.165) is 11.4 Å². The van der Waals surface area contributed by atoms with E-state index >= 15 is 0 Å². The fraction of sp³-hybridized carbons (Fsp3) is 0.556. The van der Waals surface area contributed by atoms with Crippen LogP contribution < -0.4 is 0 Å². The van der Waals surface area contributed by atoms with Crippen LogP contribution in [0.25, 0.3) is 0 Å². The maximum Gasteiger partial charge on any atom is 0.289 e. The molecule has 6 nitrogen and oxygen atoms in total. The van der Waals surface area contributed by atoms with Crippen LogP contribution in [0.15, 0.2) is 0 Å². The molecule has 1 aromatic rings. The van der Waals surface area contributed by atoms with Gasteiger partial charge in [0, 0.05) is 21.1 Å². The number of fused-ring (bicyclic) bond motifs is 1. The topological polar surface area (TPSA) is 61.6 Å². The third-order valence-electron chi connectivity index (χ3n) is 2.56. The Bertz CT molecular complexity index is 410. The van der Waals surface area contributed by atoms with Gasteiger partial charge in [-0.15, -0.1) is 0 Å². The van der Waals surface area contributed by atoms with Gasteiger partial charge in [0.25, 0.3) is 5.91 Å². The second kappa shape index (κ2) is 3.32. The summed E-state index contributed by atoms with van der Waals surface area (Å²) < 4.78 is 1.74. The third kappa shape index (κ3) is 1.51. The highest BCUT2D eigenvalue weighted by Gasteiger charge is 2.27. The predicted molar refractivity (Wildman–Crippen MR) is 52.3 cm³/mol. The highest BCUT2D eigenvalue weighted by Crippen LogP contribution is 2.21. The van der Waals surface area contributed by atoms with Crippen molar-refractivity contribution in [2.45, 2.75) is 13.1 Å². The van der Waals surface area contributed by atoms with Crippen molar-refractivity contribution in [2.24, 2.45) is 7.05 Å². The van der Waals surface area contributed by atoms with Gasteiger partial charge in [0.2, 0.25) is 0 Å². The van der Waals surface area contributed by atoms with E-state index in [1.54, 1.807) is 25.7 Å². The Morgan fingerprint density at radius 1 is 1.47 bits per heavy atom. The normalized spacial score (nSPS) is 15.5. The van der Waals surface area contributed by atoms with E-state index < -0.39 is 0 Å². The third-order valence-corrected chi connectivity index (χ3v) is 2.56. The molecule has 1 N–H and O–H groups in total. The van der Waals surface area contributed by atoms with Crippen LogP contribution in [0, 0.1) is 0 Å². The van der Waals surface area contributed by atoms with E-state index in [9.17, 15) is 10.0 Å². The first kappa shape index (κ1) is 10.1. The summed E-state index contributed by atoms with van der Waals surface area (Å²) in [5, 5.41) is 10.5. The average molecular weight is 210 g/mol. The molecule has 2 rings (SSSR count). The minimum Gasteiger partial charge on any atom is -0.342 e. The molecule has 0 aliphatic carbocycles. The van der Waals surface area contributed by atoms with E-state index in [2.05, 4.69) is 4.98 Å². The maximum absolute atomic E-state index is 11.7. The molecule has 0 aromatic carbocycles. The minimum absolute atomic E-state index is 0.114. The molecular weight excluding hydrogens is 196 g/mol. The Balaban J connectivity index is 2.38. The van der Waals surface area contributed by atoms with Gasteiger partial charge in [0.05, 0.1) is 24.5 Å². The lowest BCUT2D eigenvalue weighted by atomic mass is 10.4. The van der Waals surface area contributed by atoms with Crippen LogP contribution in [0.4, 0.5) is 0 Å². The number of amides is 1. The quantitative estimate of drug-likeness (QED) is 0.699. The molecule has 15 heavy (non-hydrogen) atoms. The number of aromatic nitrogens is 2. The maximum atomic E-state index is 11.7. The van der Waals surface area contributed by atoms with Crippen molar-refractivity contribution < 1.29 is 10.0 Å². The standard InChI is InChI=1S/C9H14N4O2/c1-11(2)9(14)8-10-6-4-13(15)5-7(6)12(8)3/h15H,4-5H2,1-3H3. The van der Waals surface area contributed by atoms with Crippen LogP contribution in [0.2, 0.25) is 0 Å². The van der Waals surface area contributed by atoms with Crippen LogP contribution in [0.3, 0.4) is 0 Å². The molecule has 1 amide bonds. The lowest BCUT2D eigenvalue weighted by Crippen LogP contribution is -2.26. The van der Waals surface area contributed by atoms with Gasteiger partial charge in [-0.05, 0) is 0 Å². The Kier molecular flexibility index (Phi) is 2.24. The first-order chi connectivity index (χ1) is 7.00. The lowest BCUT2D eigenvalue weighted by molar-refractivity contribution is -0.0985. The second-order valence-corrected chi connectivity index (χ2v) is 3.91. The molecule has 0 atom stereocenters. The number of imidazole rings is 1. The molecule has 2 heterocycles. The number of carbonyl (C=O) groups excluding carboxylic acids is 1. The Morgan fingerprint density at radius 3 is 2.67 bits per heavy atom. The first-order valence-corrected chi connectivity index (χ1v) is 4.70. The number of hydroxylamine groups is 2. The summed E-state index contributed by atoms with van der Waals surface area (Å²) in [6, 6.07) is 0. The van der Waals surface area contributed by atoms with Gasteiger partial charge < -0.3 is 14.7 Å². The van der Waals surface area contributed by atoms with Crippen molar-refractivity contribution in [3.05, 3.63) is 17.2 Å². The van der Waals surface area contributed by atoms with E-state index in [1.165, 1.54) is 9.96 Å². The zero-order valence-corrected chi connectivity index (χ0v) is 9.06. The number of carbonyl (C=O) groups is 1. The molecule has 1 aliphatic rings.